The van der Waals surface area contributed by atoms with E-state index in [2.05, 4.69) is 5.32 Å². The van der Waals surface area contributed by atoms with Crippen LogP contribution in [-0.4, -0.2) is 73.8 Å². The van der Waals surface area contributed by atoms with Gasteiger partial charge in [0, 0.05) is 27.7 Å². The second-order valence-electron chi connectivity index (χ2n) is 6.75. The second kappa shape index (κ2) is 12.7. The monoisotopic (exact) mass is 447 g/mol. The molecule has 1 aliphatic rings. The average Bonchev–Trinajstić information content (AvgIpc) is 2.64. The standard InChI is InChI=1S/C19H29NO11/c1-6-7-8-26-19(25)20-18-17(30-13(5)24)16(29-12(4)23)15(28-11(3)22)14(31-18)9-27-10(2)21/h14-18H,6-9H2,1-5H3,(H,20,25)/t14-,15-,16+,17-,18+/m1/s1. The summed E-state index contributed by atoms with van der Waals surface area (Å²) in [7, 11) is 0. The molecule has 0 bridgehead atoms. The SMILES string of the molecule is CCCCOC(=O)N[C@H]1O[C@H](COC(C)=O)[C@@H](OC(C)=O)[C@H](OC(C)=O)[C@H]1OC(C)=O. The van der Waals surface area contributed by atoms with Crippen LogP contribution in [0.3, 0.4) is 0 Å². The van der Waals surface area contributed by atoms with E-state index in [1.165, 1.54) is 0 Å². The maximum atomic E-state index is 12.1. The van der Waals surface area contributed by atoms with E-state index in [-0.39, 0.29) is 13.2 Å². The second-order valence-corrected chi connectivity index (χ2v) is 6.75. The van der Waals surface area contributed by atoms with Gasteiger partial charge in [-0.1, -0.05) is 13.3 Å². The molecule has 12 nitrogen and oxygen atoms in total. The Hall–Kier alpha value is -2.89. The number of esters is 4. The number of ether oxygens (including phenoxy) is 6. The summed E-state index contributed by atoms with van der Waals surface area (Å²) in [5.41, 5.74) is 0. The van der Waals surface area contributed by atoms with Crippen molar-refractivity contribution in [1.82, 2.24) is 5.32 Å². The van der Waals surface area contributed by atoms with Crippen LogP contribution in [0.25, 0.3) is 0 Å². The van der Waals surface area contributed by atoms with Gasteiger partial charge in [-0.15, -0.1) is 0 Å². The largest absolute Gasteiger partial charge is 0.463 e. The summed E-state index contributed by atoms with van der Waals surface area (Å²) in [4.78, 5) is 58.4. The van der Waals surface area contributed by atoms with Gasteiger partial charge in [0.15, 0.2) is 24.5 Å². The summed E-state index contributed by atoms with van der Waals surface area (Å²) in [5.74, 6) is -2.92. The van der Waals surface area contributed by atoms with E-state index in [1.54, 1.807) is 0 Å². The van der Waals surface area contributed by atoms with Crippen LogP contribution in [0, 0.1) is 0 Å². The number of nitrogens with one attached hydrogen (secondary N) is 1. The Bertz CT molecular complexity index is 665. The zero-order valence-electron chi connectivity index (χ0n) is 18.2. The van der Waals surface area contributed by atoms with Crippen LogP contribution in [0.4, 0.5) is 4.79 Å². The fraction of sp³-hybridized carbons (Fsp3) is 0.737. The van der Waals surface area contributed by atoms with Gasteiger partial charge in [-0.2, -0.15) is 0 Å². The first-order valence-electron chi connectivity index (χ1n) is 9.78. The molecule has 12 heteroatoms. The van der Waals surface area contributed by atoms with Gasteiger partial charge in [-0.3, -0.25) is 24.5 Å². The summed E-state index contributed by atoms with van der Waals surface area (Å²) in [6.07, 6.45) is -5.97. The highest BCUT2D eigenvalue weighted by Gasteiger charge is 2.52. The summed E-state index contributed by atoms with van der Waals surface area (Å²) in [5, 5.41) is 2.40. The Morgan fingerprint density at radius 3 is 1.84 bits per heavy atom. The maximum Gasteiger partial charge on any atom is 0.409 e. The van der Waals surface area contributed by atoms with Crippen LogP contribution in [-0.2, 0) is 47.6 Å². The third-order valence-electron chi connectivity index (χ3n) is 3.98. The number of rotatable bonds is 9. The van der Waals surface area contributed by atoms with Crippen LogP contribution in [0.1, 0.15) is 47.5 Å². The Morgan fingerprint density at radius 2 is 1.32 bits per heavy atom. The molecule has 0 saturated carbocycles. The highest BCUT2D eigenvalue weighted by Crippen LogP contribution is 2.28. The predicted octanol–water partition coefficient (Wildman–Crippen LogP) is 0.596. The average molecular weight is 447 g/mol. The number of carbonyl (C=O) groups is 5. The third kappa shape index (κ3) is 9.20. The Kier molecular flexibility index (Phi) is 10.7. The molecule has 1 aliphatic heterocycles. The molecule has 0 spiro atoms. The fourth-order valence-electron chi connectivity index (χ4n) is 2.81. The number of hydrogen-bond acceptors (Lipinski definition) is 11. The third-order valence-corrected chi connectivity index (χ3v) is 3.98. The lowest BCUT2D eigenvalue weighted by atomic mass is 9.97. The van der Waals surface area contributed by atoms with Crippen LogP contribution in [0.5, 0.6) is 0 Å². The lowest BCUT2D eigenvalue weighted by Crippen LogP contribution is -2.66. The summed E-state index contributed by atoms with van der Waals surface area (Å²) in [6, 6.07) is 0. The van der Waals surface area contributed by atoms with Crippen molar-refractivity contribution in [3.05, 3.63) is 0 Å². The number of carbonyl (C=O) groups excluding carboxylic acids is 5. The smallest absolute Gasteiger partial charge is 0.409 e. The normalized spacial score (nSPS) is 25.0. The first kappa shape index (κ1) is 26.1. The molecule has 1 N–H and O–H groups in total. The Balaban J connectivity index is 3.23. The van der Waals surface area contributed by atoms with Gasteiger partial charge in [0.05, 0.1) is 6.61 Å². The van der Waals surface area contributed by atoms with E-state index in [4.69, 9.17) is 28.4 Å². The molecule has 0 aliphatic carbocycles. The first-order valence-corrected chi connectivity index (χ1v) is 9.78. The van der Waals surface area contributed by atoms with Gasteiger partial charge >= 0.3 is 30.0 Å². The van der Waals surface area contributed by atoms with Crippen LogP contribution in [0.15, 0.2) is 0 Å². The summed E-state index contributed by atoms with van der Waals surface area (Å²) in [6.45, 7) is 6.16. The fourth-order valence-corrected chi connectivity index (χ4v) is 2.81. The van der Waals surface area contributed by atoms with E-state index in [0.29, 0.717) is 6.42 Å². The number of alkyl carbamates (subject to hydrolysis) is 1. The van der Waals surface area contributed by atoms with E-state index < -0.39 is 60.6 Å². The Morgan fingerprint density at radius 1 is 0.774 bits per heavy atom. The molecule has 176 valence electrons. The predicted molar refractivity (Wildman–Crippen MR) is 101 cm³/mol. The van der Waals surface area contributed by atoms with Crippen LogP contribution >= 0.6 is 0 Å². The molecule has 31 heavy (non-hydrogen) atoms. The van der Waals surface area contributed by atoms with Crippen molar-refractivity contribution in [2.45, 2.75) is 78.1 Å². The topological polar surface area (TPSA) is 153 Å². The molecule has 0 unspecified atom stereocenters. The van der Waals surface area contributed by atoms with Gasteiger partial charge < -0.3 is 28.4 Å². The highest BCUT2D eigenvalue weighted by atomic mass is 16.7. The molecule has 5 atom stereocenters. The molecular formula is C19H29NO11. The van der Waals surface area contributed by atoms with Crippen molar-refractivity contribution in [1.29, 1.82) is 0 Å². The van der Waals surface area contributed by atoms with Crippen LogP contribution < -0.4 is 5.32 Å². The van der Waals surface area contributed by atoms with Gasteiger partial charge in [0.25, 0.3) is 0 Å². The molecule has 1 heterocycles. The number of unbranched alkanes of at least 4 members (excludes halogenated alkanes) is 1. The quantitative estimate of drug-likeness (QED) is 0.300. The van der Waals surface area contributed by atoms with Crippen molar-refractivity contribution >= 4 is 30.0 Å². The molecule has 0 radical (unpaired) electrons. The van der Waals surface area contributed by atoms with Crippen molar-refractivity contribution in [3.8, 4) is 0 Å². The lowest BCUT2D eigenvalue weighted by Gasteiger charge is -2.44. The number of amides is 1. The van der Waals surface area contributed by atoms with E-state index >= 15 is 0 Å². The molecule has 0 aromatic heterocycles. The van der Waals surface area contributed by atoms with Crippen molar-refractivity contribution in [2.75, 3.05) is 13.2 Å². The zero-order valence-corrected chi connectivity index (χ0v) is 18.2. The minimum atomic E-state index is -1.38. The zero-order chi connectivity index (χ0) is 23.6. The van der Waals surface area contributed by atoms with Gasteiger partial charge in [-0.05, 0) is 6.42 Å². The first-order chi connectivity index (χ1) is 14.5. The summed E-state index contributed by atoms with van der Waals surface area (Å²) >= 11 is 0. The lowest BCUT2D eigenvalue weighted by molar-refractivity contribution is -0.256. The molecule has 1 amide bonds. The molecular weight excluding hydrogens is 418 g/mol. The van der Waals surface area contributed by atoms with Gasteiger partial charge in [-0.25, -0.2) is 4.79 Å². The molecule has 1 saturated heterocycles. The molecule has 1 rings (SSSR count). The minimum absolute atomic E-state index is 0.146. The van der Waals surface area contributed by atoms with E-state index in [0.717, 1.165) is 34.1 Å². The van der Waals surface area contributed by atoms with Gasteiger partial charge in [0.1, 0.15) is 12.7 Å². The van der Waals surface area contributed by atoms with E-state index in [9.17, 15) is 24.0 Å². The van der Waals surface area contributed by atoms with Crippen molar-refractivity contribution < 1.29 is 52.4 Å². The van der Waals surface area contributed by atoms with Gasteiger partial charge in [0.2, 0.25) is 0 Å². The Labute approximate surface area is 179 Å². The maximum absolute atomic E-state index is 12.1. The molecule has 0 aromatic carbocycles. The number of hydrogen-bond donors (Lipinski definition) is 1. The summed E-state index contributed by atoms with van der Waals surface area (Å²) < 4.78 is 31.4. The van der Waals surface area contributed by atoms with Crippen molar-refractivity contribution in [2.24, 2.45) is 0 Å². The minimum Gasteiger partial charge on any atom is -0.463 e. The van der Waals surface area contributed by atoms with E-state index in [1.807, 2.05) is 6.92 Å². The van der Waals surface area contributed by atoms with Crippen molar-refractivity contribution in [3.63, 3.8) is 0 Å². The van der Waals surface area contributed by atoms with Crippen LogP contribution in [0.2, 0.25) is 0 Å². The molecule has 0 aromatic rings. The molecule has 1 fully saturated rings. The highest BCUT2D eigenvalue weighted by molar-refractivity contribution is 5.70.